The van der Waals surface area contributed by atoms with Crippen LogP contribution in [0, 0.1) is 6.92 Å². The summed E-state index contributed by atoms with van der Waals surface area (Å²) in [6.45, 7) is 3.24. The number of aromatic nitrogens is 2. The number of hydrogen-bond acceptors (Lipinski definition) is 5. The number of benzene rings is 2. The van der Waals surface area contributed by atoms with E-state index in [-0.39, 0.29) is 11.8 Å². The van der Waals surface area contributed by atoms with Crippen molar-refractivity contribution in [3.05, 3.63) is 88.7 Å². The molecule has 2 amide bonds. The minimum absolute atomic E-state index is 0.0496. The molecule has 0 bridgehead atoms. The Morgan fingerprint density at radius 1 is 1.00 bits per heavy atom. The molecule has 0 saturated carbocycles. The Balaban J connectivity index is 1.31. The van der Waals surface area contributed by atoms with Gasteiger partial charge in [0.15, 0.2) is 0 Å². The molecule has 0 radical (unpaired) electrons. The van der Waals surface area contributed by atoms with E-state index in [0.29, 0.717) is 35.8 Å². The molecular weight excluding hydrogens is 432 g/mol. The van der Waals surface area contributed by atoms with Gasteiger partial charge in [0.2, 0.25) is 0 Å². The monoisotopic (exact) mass is 456 g/mol. The number of rotatable bonds is 4. The SMILES string of the molecule is Cc1cccc(C(=O)N2CCC(c3nc4ccccc4s3)CC2)c1NC(=O)c1ccncc1. The molecule has 33 heavy (non-hydrogen) atoms. The first-order chi connectivity index (χ1) is 16.1. The van der Waals surface area contributed by atoms with Gasteiger partial charge >= 0.3 is 0 Å². The van der Waals surface area contributed by atoms with Crippen LogP contribution in [0.2, 0.25) is 0 Å². The Hall–Kier alpha value is -3.58. The minimum atomic E-state index is -0.254. The Morgan fingerprint density at radius 3 is 2.52 bits per heavy atom. The van der Waals surface area contributed by atoms with E-state index in [9.17, 15) is 9.59 Å². The van der Waals surface area contributed by atoms with Gasteiger partial charge in [-0.1, -0.05) is 24.3 Å². The third-order valence-corrected chi connectivity index (χ3v) is 7.32. The van der Waals surface area contributed by atoms with Gasteiger partial charge in [0.1, 0.15) is 0 Å². The van der Waals surface area contributed by atoms with Crippen LogP contribution < -0.4 is 5.32 Å². The summed E-state index contributed by atoms with van der Waals surface area (Å²) in [7, 11) is 0. The van der Waals surface area contributed by atoms with Crippen LogP contribution in [0.1, 0.15) is 50.0 Å². The molecule has 3 heterocycles. The molecule has 0 unspecified atom stereocenters. The van der Waals surface area contributed by atoms with E-state index in [1.54, 1.807) is 41.9 Å². The van der Waals surface area contributed by atoms with Gasteiger partial charge in [-0.2, -0.15) is 0 Å². The standard InChI is InChI=1S/C26H24N4O2S/c1-17-5-4-6-20(23(17)29-24(31)18-9-13-27-14-10-18)26(32)30-15-11-19(12-16-30)25-28-21-7-2-3-8-22(21)33-25/h2-10,13-14,19H,11-12,15-16H2,1H3,(H,29,31). The quantitative estimate of drug-likeness (QED) is 0.454. The maximum Gasteiger partial charge on any atom is 0.255 e. The van der Waals surface area contributed by atoms with Gasteiger partial charge in [0.25, 0.3) is 11.8 Å². The number of amides is 2. The van der Waals surface area contributed by atoms with Gasteiger partial charge in [-0.3, -0.25) is 14.6 Å². The smallest absolute Gasteiger partial charge is 0.255 e. The molecule has 0 atom stereocenters. The molecule has 4 aromatic rings. The van der Waals surface area contributed by atoms with E-state index >= 15 is 0 Å². The summed E-state index contributed by atoms with van der Waals surface area (Å²) in [5.74, 6) is 0.0663. The number of likely N-dealkylation sites (tertiary alicyclic amines) is 1. The Labute approximate surface area is 196 Å². The van der Waals surface area contributed by atoms with Crippen LogP contribution in [0.25, 0.3) is 10.2 Å². The van der Waals surface area contributed by atoms with E-state index in [2.05, 4.69) is 16.4 Å². The number of anilines is 1. The Morgan fingerprint density at radius 2 is 1.76 bits per heavy atom. The number of para-hydroxylation sites is 2. The van der Waals surface area contributed by atoms with Gasteiger partial charge in [0, 0.05) is 37.0 Å². The van der Waals surface area contributed by atoms with Crippen molar-refractivity contribution in [3.63, 3.8) is 0 Å². The molecule has 6 nitrogen and oxygen atoms in total. The highest BCUT2D eigenvalue weighted by Crippen LogP contribution is 2.34. The summed E-state index contributed by atoms with van der Waals surface area (Å²) in [6, 6.07) is 17.1. The summed E-state index contributed by atoms with van der Waals surface area (Å²) in [5, 5.41) is 4.10. The maximum atomic E-state index is 13.4. The highest BCUT2D eigenvalue weighted by molar-refractivity contribution is 7.18. The fraction of sp³-hybridized carbons (Fsp3) is 0.231. The second-order valence-electron chi connectivity index (χ2n) is 8.27. The van der Waals surface area contributed by atoms with Crippen molar-refractivity contribution in [1.29, 1.82) is 0 Å². The molecule has 2 aromatic heterocycles. The number of carbonyl (C=O) groups is 2. The average Bonchev–Trinajstić information content (AvgIpc) is 3.30. The number of aryl methyl sites for hydroxylation is 1. The largest absolute Gasteiger partial charge is 0.339 e. The van der Waals surface area contributed by atoms with Crippen LogP contribution >= 0.6 is 11.3 Å². The minimum Gasteiger partial charge on any atom is -0.339 e. The molecule has 0 aliphatic carbocycles. The van der Waals surface area contributed by atoms with Crippen molar-refractivity contribution in [2.75, 3.05) is 18.4 Å². The molecule has 0 spiro atoms. The van der Waals surface area contributed by atoms with E-state index in [4.69, 9.17) is 4.98 Å². The number of nitrogens with one attached hydrogen (secondary N) is 1. The van der Waals surface area contributed by atoms with Gasteiger partial charge < -0.3 is 10.2 Å². The van der Waals surface area contributed by atoms with Crippen molar-refractivity contribution in [3.8, 4) is 0 Å². The molecule has 1 saturated heterocycles. The topological polar surface area (TPSA) is 75.2 Å². The number of hydrogen-bond donors (Lipinski definition) is 1. The van der Waals surface area contributed by atoms with Gasteiger partial charge in [0.05, 0.1) is 26.5 Å². The first kappa shape index (κ1) is 21.3. The van der Waals surface area contributed by atoms with Crippen LogP contribution in [-0.2, 0) is 0 Å². The zero-order valence-corrected chi connectivity index (χ0v) is 19.1. The molecule has 2 aromatic carbocycles. The molecular formula is C26H24N4O2S. The summed E-state index contributed by atoms with van der Waals surface area (Å²) in [6.07, 6.45) is 4.93. The zero-order chi connectivity index (χ0) is 22.8. The van der Waals surface area contributed by atoms with Gasteiger partial charge in [-0.25, -0.2) is 4.98 Å². The first-order valence-corrected chi connectivity index (χ1v) is 11.9. The highest BCUT2D eigenvalue weighted by atomic mass is 32.1. The predicted molar refractivity (Wildman–Crippen MR) is 131 cm³/mol. The molecule has 1 aliphatic rings. The van der Waals surface area contributed by atoms with E-state index < -0.39 is 0 Å². The predicted octanol–water partition coefficient (Wildman–Crippen LogP) is 5.27. The maximum absolute atomic E-state index is 13.4. The van der Waals surface area contributed by atoms with E-state index in [0.717, 1.165) is 28.9 Å². The second kappa shape index (κ2) is 9.11. The lowest BCUT2D eigenvalue weighted by Crippen LogP contribution is -2.38. The Bertz CT molecular complexity index is 1280. The average molecular weight is 457 g/mol. The fourth-order valence-electron chi connectivity index (χ4n) is 4.27. The van der Waals surface area contributed by atoms with Crippen molar-refractivity contribution >= 4 is 39.1 Å². The summed E-state index contributed by atoms with van der Waals surface area (Å²) in [4.78, 5) is 36.8. The number of nitrogens with zero attached hydrogens (tertiary/aromatic N) is 3. The number of pyridine rings is 1. The lowest BCUT2D eigenvalue weighted by molar-refractivity contribution is 0.0714. The lowest BCUT2D eigenvalue weighted by atomic mass is 9.96. The van der Waals surface area contributed by atoms with Crippen molar-refractivity contribution in [1.82, 2.24) is 14.9 Å². The number of thiazole rings is 1. The third-order valence-electron chi connectivity index (χ3n) is 6.13. The van der Waals surface area contributed by atoms with E-state index in [1.165, 1.54) is 4.70 Å². The van der Waals surface area contributed by atoms with Crippen LogP contribution in [0.4, 0.5) is 5.69 Å². The molecule has 1 aliphatic heterocycles. The molecule has 1 N–H and O–H groups in total. The van der Waals surface area contributed by atoms with Crippen LogP contribution in [0.3, 0.4) is 0 Å². The molecule has 1 fully saturated rings. The second-order valence-corrected chi connectivity index (χ2v) is 9.34. The van der Waals surface area contributed by atoms with E-state index in [1.807, 2.05) is 42.2 Å². The highest BCUT2D eigenvalue weighted by Gasteiger charge is 2.28. The van der Waals surface area contributed by atoms with Gasteiger partial charge in [-0.15, -0.1) is 11.3 Å². The summed E-state index contributed by atoms with van der Waals surface area (Å²) >= 11 is 1.75. The summed E-state index contributed by atoms with van der Waals surface area (Å²) < 4.78 is 1.21. The number of piperidine rings is 1. The van der Waals surface area contributed by atoms with Crippen LogP contribution in [-0.4, -0.2) is 39.8 Å². The van der Waals surface area contributed by atoms with Gasteiger partial charge in [-0.05, 0) is 55.7 Å². The van der Waals surface area contributed by atoms with Crippen molar-refractivity contribution in [2.45, 2.75) is 25.7 Å². The van der Waals surface area contributed by atoms with Crippen molar-refractivity contribution in [2.24, 2.45) is 0 Å². The molecule has 166 valence electrons. The van der Waals surface area contributed by atoms with Crippen molar-refractivity contribution < 1.29 is 9.59 Å². The lowest BCUT2D eigenvalue weighted by Gasteiger charge is -2.31. The first-order valence-electron chi connectivity index (χ1n) is 11.1. The third kappa shape index (κ3) is 4.36. The summed E-state index contributed by atoms with van der Waals surface area (Å²) in [5.41, 5.74) is 3.50. The van der Waals surface area contributed by atoms with Crippen LogP contribution in [0.5, 0.6) is 0 Å². The normalized spacial score (nSPS) is 14.4. The molecule has 7 heteroatoms. The Kier molecular flexibility index (Phi) is 5.88. The number of carbonyl (C=O) groups excluding carboxylic acids is 2. The zero-order valence-electron chi connectivity index (χ0n) is 18.3. The fourth-order valence-corrected chi connectivity index (χ4v) is 5.40. The number of fused-ring (bicyclic) bond motifs is 1. The molecule has 5 rings (SSSR count). The van der Waals surface area contributed by atoms with Crippen LogP contribution in [0.15, 0.2) is 67.0 Å².